The third-order valence-corrected chi connectivity index (χ3v) is 18.9. The Kier molecular flexibility index (Phi) is 26.3. The van der Waals surface area contributed by atoms with Crippen molar-refractivity contribution >= 4 is 81.4 Å². The fourth-order valence-electron chi connectivity index (χ4n) is 12.3. The molecule has 5 N–H and O–H groups in total. The van der Waals surface area contributed by atoms with Gasteiger partial charge in [-0.25, -0.2) is 9.59 Å². The number of unbranched alkanes of at least 4 members (excludes halogenated alkanes) is 1. The summed E-state index contributed by atoms with van der Waals surface area (Å²) in [4.78, 5) is 130. The number of carbonyl (C=O) groups excluding carboxylic acids is 9. The van der Waals surface area contributed by atoms with E-state index in [0.717, 1.165) is 11.1 Å². The molecule has 0 spiro atoms. The number of halogens is 1. The van der Waals surface area contributed by atoms with Gasteiger partial charge in [0, 0.05) is 75.5 Å². The molecule has 4 heterocycles. The maximum Gasteiger partial charge on any atom is 0.328 e. The number of fused-ring (bicyclic) bond motifs is 6. The standard InChI is InChI=1S/C70H97ClN6O16/c1-15-45(16-2)66(85)93-68(8,9)29-18-17-22-49(78)36-50(40(3)4)63(82)75-52(23-20-30-73-67(72)86)54(79)35-48-27-25-46-34-47(26-28-51(46)74-48)64(83)76(11)43(7)65(84)91-58-37-59(80)77(12)53-32-44(33-55(88-13)61(53)71)31-41(5)21-19-24-57(89-14)70(87)38-56(90-60(81)39-70)42(6)62-69(58,10)92-62/h19,21,24-28,32-34,40,42-43,45,50,52,56-58,62,87H,15-18,20,22-23,29-31,35-39H2,1-14H3,(H,75,82)(H3,72,73,86)/b24-19+,41-21+/t42-,43+,50+,52+,56+,57-,58+,62+,69+,70-/m1/s1. The van der Waals surface area contributed by atoms with Crippen LogP contribution in [0.1, 0.15) is 168 Å². The Hall–Kier alpha value is -7.27. The van der Waals surface area contributed by atoms with E-state index in [1.165, 1.54) is 44.1 Å². The lowest BCUT2D eigenvalue weighted by Crippen LogP contribution is -2.53. The van der Waals surface area contributed by atoms with Gasteiger partial charge in [0.25, 0.3) is 5.91 Å². The van der Waals surface area contributed by atoms with Crippen LogP contribution in [0.5, 0.6) is 5.75 Å². The largest absolute Gasteiger partial charge is 0.495 e. The van der Waals surface area contributed by atoms with E-state index >= 15 is 0 Å². The van der Waals surface area contributed by atoms with Crippen molar-refractivity contribution in [3.63, 3.8) is 0 Å². The summed E-state index contributed by atoms with van der Waals surface area (Å²) in [6, 6.07) is 8.68. The third-order valence-electron chi connectivity index (χ3n) is 18.5. The molecule has 3 aliphatic heterocycles. The average molecular weight is 1310 g/mol. The minimum Gasteiger partial charge on any atom is -0.495 e. The number of likely N-dealkylation sites (N-methyl/N-ethyl adjacent to an activating group) is 1. The molecule has 0 unspecified atom stereocenters. The van der Waals surface area contributed by atoms with Gasteiger partial charge in [0.05, 0.1) is 55.6 Å². The van der Waals surface area contributed by atoms with Crippen LogP contribution in [0.4, 0.5) is 10.5 Å². The van der Waals surface area contributed by atoms with Gasteiger partial charge in [0.2, 0.25) is 11.8 Å². The zero-order chi connectivity index (χ0) is 68.9. The van der Waals surface area contributed by atoms with Crippen molar-refractivity contribution < 1.29 is 76.7 Å². The molecule has 93 heavy (non-hydrogen) atoms. The molecule has 22 nitrogen and oxygen atoms in total. The summed E-state index contributed by atoms with van der Waals surface area (Å²) in [5, 5.41) is 18.2. The number of nitrogens with two attached hydrogens (primary N) is 1. The summed E-state index contributed by atoms with van der Waals surface area (Å²) in [5.41, 5.74) is 4.65. The molecule has 0 aliphatic carbocycles. The molecule has 0 radical (unpaired) electrons. The number of aromatic nitrogens is 1. The monoisotopic (exact) mass is 1310 g/mol. The molecule has 4 bridgehead atoms. The molecule has 2 saturated heterocycles. The minimum atomic E-state index is -1.66. The van der Waals surface area contributed by atoms with Crippen molar-refractivity contribution in [1.82, 2.24) is 20.5 Å². The molecule has 3 aliphatic rings. The number of hydrogen-bond acceptors (Lipinski definition) is 17. The zero-order valence-electron chi connectivity index (χ0n) is 56.5. The maximum absolute atomic E-state index is 14.6. The van der Waals surface area contributed by atoms with Gasteiger partial charge in [-0.05, 0) is 134 Å². The number of rotatable bonds is 27. The molecule has 3 aromatic rings. The van der Waals surface area contributed by atoms with Gasteiger partial charge in [0.1, 0.15) is 57.7 Å². The molecule has 510 valence electrons. The molecule has 1 aromatic heterocycles. The Morgan fingerprint density at radius 3 is 2.35 bits per heavy atom. The molecule has 10 atom stereocenters. The van der Waals surface area contributed by atoms with E-state index in [1.54, 1.807) is 69.4 Å². The number of benzene rings is 2. The van der Waals surface area contributed by atoms with Gasteiger partial charge in [-0.3, -0.25) is 38.5 Å². The summed E-state index contributed by atoms with van der Waals surface area (Å²) >= 11 is 6.88. The lowest BCUT2D eigenvalue weighted by Gasteiger charge is -2.41. The minimum absolute atomic E-state index is 0.00957. The molecule has 6 rings (SSSR count). The number of esters is 3. The topological polar surface area (TPSA) is 302 Å². The van der Waals surface area contributed by atoms with Crippen LogP contribution in [0.3, 0.4) is 0 Å². The van der Waals surface area contributed by atoms with E-state index in [-0.39, 0.29) is 85.0 Å². The number of ether oxygens (including phenoxy) is 6. The molecule has 23 heteroatoms. The Balaban J connectivity index is 1.15. The third kappa shape index (κ3) is 19.7. The highest BCUT2D eigenvalue weighted by atomic mass is 35.5. The van der Waals surface area contributed by atoms with Crippen molar-refractivity contribution in [2.45, 2.75) is 212 Å². The number of epoxide rings is 1. The number of methoxy groups -OCH3 is 2. The van der Waals surface area contributed by atoms with Crippen molar-refractivity contribution in [2.24, 2.45) is 29.4 Å². The van der Waals surface area contributed by atoms with Gasteiger partial charge >= 0.3 is 23.9 Å². The first-order valence-electron chi connectivity index (χ1n) is 32.4. The van der Waals surface area contributed by atoms with Crippen LogP contribution in [-0.4, -0.2) is 156 Å². The average Bonchev–Trinajstić information content (AvgIpc) is 1.58. The first-order chi connectivity index (χ1) is 43.8. The van der Waals surface area contributed by atoms with Crippen molar-refractivity contribution in [3.05, 3.63) is 88.1 Å². The van der Waals surface area contributed by atoms with Crippen LogP contribution < -0.4 is 26.0 Å². The number of anilines is 1. The number of urea groups is 1. The highest BCUT2D eigenvalue weighted by molar-refractivity contribution is 6.35. The number of allylic oxidation sites excluding steroid dienone is 3. The van der Waals surface area contributed by atoms with Crippen molar-refractivity contribution in [3.8, 4) is 5.75 Å². The van der Waals surface area contributed by atoms with Crippen molar-refractivity contribution in [1.29, 1.82) is 0 Å². The summed E-state index contributed by atoms with van der Waals surface area (Å²) in [6.45, 7) is 18.4. The highest BCUT2D eigenvalue weighted by Gasteiger charge is 2.64. The second-order valence-corrected chi connectivity index (χ2v) is 26.9. The molecule has 2 fully saturated rings. The fourth-order valence-corrected chi connectivity index (χ4v) is 12.6. The predicted molar refractivity (Wildman–Crippen MR) is 351 cm³/mol. The number of primary amides is 1. The van der Waals surface area contributed by atoms with Crippen molar-refractivity contribution in [2.75, 3.05) is 39.8 Å². The number of nitrogens with one attached hydrogen (secondary N) is 2. The van der Waals surface area contributed by atoms with E-state index in [0.29, 0.717) is 73.0 Å². The summed E-state index contributed by atoms with van der Waals surface area (Å²) in [7, 11) is 5.91. The first-order valence-corrected chi connectivity index (χ1v) is 32.7. The van der Waals surface area contributed by atoms with Crippen LogP contribution in [0.25, 0.3) is 10.9 Å². The molecule has 5 amide bonds. The van der Waals surface area contributed by atoms with Gasteiger partial charge in [-0.15, -0.1) is 0 Å². The van der Waals surface area contributed by atoms with Crippen LogP contribution >= 0.6 is 11.6 Å². The second kappa shape index (κ2) is 32.7. The quantitative estimate of drug-likeness (QED) is 0.0239. The van der Waals surface area contributed by atoms with Crippen LogP contribution in [0.2, 0.25) is 5.02 Å². The smallest absolute Gasteiger partial charge is 0.328 e. The van der Waals surface area contributed by atoms with Gasteiger partial charge in [0.15, 0.2) is 5.78 Å². The predicted octanol–water partition coefficient (Wildman–Crippen LogP) is 9.22. The lowest BCUT2D eigenvalue weighted by atomic mass is 9.78. The van der Waals surface area contributed by atoms with Gasteiger partial charge in [-0.2, -0.15) is 0 Å². The first kappa shape index (κ1) is 74.8. The summed E-state index contributed by atoms with van der Waals surface area (Å²) in [6.07, 6.45) is 4.83. The van der Waals surface area contributed by atoms with E-state index < -0.39 is 107 Å². The number of amides is 5. The number of carbonyl (C=O) groups is 9. The summed E-state index contributed by atoms with van der Waals surface area (Å²) in [5.74, 6) is -5.07. The van der Waals surface area contributed by atoms with E-state index in [9.17, 15) is 48.3 Å². The van der Waals surface area contributed by atoms with Crippen LogP contribution in [0.15, 0.2) is 66.3 Å². The molecular formula is C70H97ClN6O16. The summed E-state index contributed by atoms with van der Waals surface area (Å²) < 4.78 is 35.7. The number of aliphatic hydroxyl groups is 1. The van der Waals surface area contributed by atoms with Crippen LogP contribution in [-0.2, 0) is 70.1 Å². The molecule has 2 aromatic carbocycles. The lowest BCUT2D eigenvalue weighted by molar-refractivity contribution is -0.187. The normalized spacial score (nSPS) is 23.7. The van der Waals surface area contributed by atoms with Gasteiger partial charge in [-0.1, -0.05) is 76.1 Å². The number of Topliss-reactive ketones (excluding diaryl/α,β-unsaturated/α-hetero) is 2. The van der Waals surface area contributed by atoms with E-state index in [2.05, 4.69) is 10.6 Å². The van der Waals surface area contributed by atoms with Crippen LogP contribution in [0, 0.1) is 23.7 Å². The Morgan fingerprint density at radius 1 is 0.989 bits per heavy atom. The Morgan fingerprint density at radius 2 is 1.70 bits per heavy atom. The zero-order valence-corrected chi connectivity index (χ0v) is 57.3. The van der Waals surface area contributed by atoms with E-state index in [4.69, 9.17) is 50.7 Å². The number of ketones is 2. The number of pyridine rings is 1. The SMILES string of the molecule is CCC(CC)C(=O)OC(C)(C)CCCCC(=O)C[C@H](C(=O)N[C@@H](CCCNC(N)=O)C(=O)Cc1ccc2cc(C(=O)N(C)[C@@H](C)C(=O)O[C@H]3CC(=O)N(C)c4cc(cc(OC)c4Cl)C/C(C)=C/C=C/[C@@H](OC)[C@]4(O)CC(=O)O[C@@H](C4)[C@@H](C)[C@@H]4O[C@@]34C)ccc2n1)C(C)C. The number of hydrogen-bond donors (Lipinski definition) is 4. The van der Waals surface area contributed by atoms with Gasteiger partial charge < -0.3 is 59.7 Å². The second-order valence-electron chi connectivity index (χ2n) is 26.5. The molecule has 0 saturated carbocycles. The fraction of sp³-hybridized carbons (Fsp3) is 0.600. The highest BCUT2D eigenvalue weighted by Crippen LogP contribution is 2.50. The maximum atomic E-state index is 14.6. The number of nitrogens with zero attached hydrogens (tertiary/aromatic N) is 3. The Bertz CT molecular complexity index is 3290. The Labute approximate surface area is 551 Å². The molecular weight excluding hydrogens is 1220 g/mol. The van der Waals surface area contributed by atoms with E-state index in [1.807, 2.05) is 54.5 Å².